The lowest BCUT2D eigenvalue weighted by molar-refractivity contribution is -0.114. The molecule has 0 bridgehead atoms. The third kappa shape index (κ3) is 3.62. The van der Waals surface area contributed by atoms with Gasteiger partial charge < -0.3 is 10.6 Å². The fourth-order valence-corrected chi connectivity index (χ4v) is 1.37. The smallest absolute Gasteiger partial charge is 0.221 e. The predicted molar refractivity (Wildman–Crippen MR) is 64.2 cm³/mol. The molecule has 1 rings (SSSR count). The summed E-state index contributed by atoms with van der Waals surface area (Å²) in [5, 5.41) is 6.10. The average molecular weight is 206 g/mol. The van der Waals surface area contributed by atoms with Gasteiger partial charge in [-0.1, -0.05) is 6.07 Å². The molecule has 0 saturated carbocycles. The largest absolute Gasteiger partial charge is 0.383 e. The monoisotopic (exact) mass is 206 g/mol. The molecule has 0 aliphatic heterocycles. The second-order valence-electron chi connectivity index (χ2n) is 4.01. The van der Waals surface area contributed by atoms with Gasteiger partial charge in [0.2, 0.25) is 5.91 Å². The number of carbonyl (C=O) groups is 1. The lowest BCUT2D eigenvalue weighted by Gasteiger charge is -2.13. The third-order valence-corrected chi connectivity index (χ3v) is 2.00. The molecule has 0 heterocycles. The van der Waals surface area contributed by atoms with E-state index < -0.39 is 0 Å². The van der Waals surface area contributed by atoms with Crippen molar-refractivity contribution in [2.45, 2.75) is 33.7 Å². The van der Waals surface area contributed by atoms with Crippen LogP contribution in [0.5, 0.6) is 0 Å². The highest BCUT2D eigenvalue weighted by molar-refractivity contribution is 5.90. The number of carbonyl (C=O) groups excluding carboxylic acids is 1. The molecule has 3 heteroatoms. The molecule has 0 fully saturated rings. The average Bonchev–Trinajstić information content (AvgIpc) is 2.09. The van der Waals surface area contributed by atoms with E-state index in [2.05, 4.69) is 24.5 Å². The van der Waals surface area contributed by atoms with E-state index in [0.29, 0.717) is 6.04 Å². The van der Waals surface area contributed by atoms with Gasteiger partial charge in [0.25, 0.3) is 0 Å². The SMILES string of the molecule is CC(=O)Nc1cc(NC(C)C)ccc1C. The number of hydrogen-bond acceptors (Lipinski definition) is 2. The normalized spacial score (nSPS) is 10.2. The summed E-state index contributed by atoms with van der Waals surface area (Å²) in [6.07, 6.45) is 0. The highest BCUT2D eigenvalue weighted by Gasteiger charge is 2.02. The van der Waals surface area contributed by atoms with E-state index in [0.717, 1.165) is 16.9 Å². The van der Waals surface area contributed by atoms with Crippen molar-refractivity contribution >= 4 is 17.3 Å². The maximum Gasteiger partial charge on any atom is 0.221 e. The van der Waals surface area contributed by atoms with Crippen molar-refractivity contribution in [2.75, 3.05) is 10.6 Å². The number of hydrogen-bond donors (Lipinski definition) is 2. The standard InChI is InChI=1S/C12H18N2O/c1-8(2)13-11-6-5-9(3)12(7-11)14-10(4)15/h5-8,13H,1-4H3,(H,14,15). The maximum absolute atomic E-state index is 11.0. The van der Waals surface area contributed by atoms with E-state index in [9.17, 15) is 4.79 Å². The summed E-state index contributed by atoms with van der Waals surface area (Å²) in [7, 11) is 0. The molecule has 0 saturated heterocycles. The summed E-state index contributed by atoms with van der Waals surface area (Å²) >= 11 is 0. The Hall–Kier alpha value is -1.51. The van der Waals surface area contributed by atoms with E-state index in [-0.39, 0.29) is 5.91 Å². The molecule has 0 radical (unpaired) electrons. The molecule has 1 aromatic carbocycles. The van der Waals surface area contributed by atoms with E-state index in [1.54, 1.807) is 0 Å². The topological polar surface area (TPSA) is 41.1 Å². The van der Waals surface area contributed by atoms with Gasteiger partial charge in [0.1, 0.15) is 0 Å². The minimum atomic E-state index is -0.0419. The molecule has 0 spiro atoms. The lowest BCUT2D eigenvalue weighted by Crippen LogP contribution is -2.11. The van der Waals surface area contributed by atoms with Crippen LogP contribution in [0.1, 0.15) is 26.3 Å². The molecule has 0 aliphatic rings. The van der Waals surface area contributed by atoms with Crippen LogP contribution >= 0.6 is 0 Å². The predicted octanol–water partition coefficient (Wildman–Crippen LogP) is 2.77. The van der Waals surface area contributed by atoms with Gasteiger partial charge in [0.15, 0.2) is 0 Å². The quantitative estimate of drug-likeness (QED) is 0.798. The number of rotatable bonds is 3. The molecule has 0 atom stereocenters. The Morgan fingerprint density at radius 2 is 2.00 bits per heavy atom. The van der Waals surface area contributed by atoms with Crippen molar-refractivity contribution in [1.29, 1.82) is 0 Å². The molecule has 1 aromatic rings. The molecule has 82 valence electrons. The highest BCUT2D eigenvalue weighted by Crippen LogP contribution is 2.20. The van der Waals surface area contributed by atoms with Gasteiger partial charge in [-0.2, -0.15) is 0 Å². The first-order valence-corrected chi connectivity index (χ1v) is 5.14. The van der Waals surface area contributed by atoms with Gasteiger partial charge in [-0.25, -0.2) is 0 Å². The molecule has 0 aliphatic carbocycles. The fraction of sp³-hybridized carbons (Fsp3) is 0.417. The first-order chi connectivity index (χ1) is 6.99. The van der Waals surface area contributed by atoms with Crippen LogP contribution < -0.4 is 10.6 Å². The van der Waals surface area contributed by atoms with E-state index in [4.69, 9.17) is 0 Å². The first kappa shape index (κ1) is 11.6. The Morgan fingerprint density at radius 3 is 2.53 bits per heavy atom. The van der Waals surface area contributed by atoms with Gasteiger partial charge in [0, 0.05) is 24.3 Å². The van der Waals surface area contributed by atoms with Crippen LogP contribution in [0.4, 0.5) is 11.4 Å². The van der Waals surface area contributed by atoms with Crippen LogP contribution in [-0.2, 0) is 4.79 Å². The fourth-order valence-electron chi connectivity index (χ4n) is 1.37. The summed E-state index contributed by atoms with van der Waals surface area (Å²) in [6.45, 7) is 7.66. The van der Waals surface area contributed by atoms with E-state index in [1.165, 1.54) is 6.92 Å². The van der Waals surface area contributed by atoms with Crippen molar-refractivity contribution < 1.29 is 4.79 Å². The minimum absolute atomic E-state index is 0.0419. The van der Waals surface area contributed by atoms with Crippen molar-refractivity contribution in [2.24, 2.45) is 0 Å². The van der Waals surface area contributed by atoms with E-state index in [1.807, 2.05) is 25.1 Å². The molecule has 0 unspecified atom stereocenters. The summed E-state index contributed by atoms with van der Waals surface area (Å²) in [4.78, 5) is 11.0. The Labute approximate surface area is 90.9 Å². The molecular weight excluding hydrogens is 188 g/mol. The second kappa shape index (κ2) is 4.82. The Balaban J connectivity index is 2.89. The van der Waals surface area contributed by atoms with Gasteiger partial charge in [0.05, 0.1) is 0 Å². The molecular formula is C12H18N2O. The molecule has 0 aromatic heterocycles. The zero-order chi connectivity index (χ0) is 11.4. The maximum atomic E-state index is 11.0. The number of nitrogens with one attached hydrogen (secondary N) is 2. The summed E-state index contributed by atoms with van der Waals surface area (Å²) in [6, 6.07) is 6.35. The second-order valence-corrected chi connectivity index (χ2v) is 4.01. The first-order valence-electron chi connectivity index (χ1n) is 5.14. The van der Waals surface area contributed by atoms with Gasteiger partial charge in [-0.05, 0) is 38.5 Å². The zero-order valence-electron chi connectivity index (χ0n) is 9.72. The van der Waals surface area contributed by atoms with Crippen molar-refractivity contribution in [1.82, 2.24) is 0 Å². The van der Waals surface area contributed by atoms with Gasteiger partial charge in [-0.3, -0.25) is 4.79 Å². The Kier molecular flexibility index (Phi) is 3.72. The Bertz CT molecular complexity index is 359. The van der Waals surface area contributed by atoms with Crippen LogP contribution in [0.15, 0.2) is 18.2 Å². The van der Waals surface area contributed by atoms with Gasteiger partial charge in [-0.15, -0.1) is 0 Å². The van der Waals surface area contributed by atoms with Crippen molar-refractivity contribution in [3.8, 4) is 0 Å². The number of amides is 1. The molecule has 2 N–H and O–H groups in total. The third-order valence-electron chi connectivity index (χ3n) is 2.00. The van der Waals surface area contributed by atoms with Crippen molar-refractivity contribution in [3.63, 3.8) is 0 Å². The van der Waals surface area contributed by atoms with Crippen LogP contribution in [-0.4, -0.2) is 11.9 Å². The van der Waals surface area contributed by atoms with Crippen LogP contribution in [0.3, 0.4) is 0 Å². The number of benzene rings is 1. The van der Waals surface area contributed by atoms with Crippen molar-refractivity contribution in [3.05, 3.63) is 23.8 Å². The van der Waals surface area contributed by atoms with Crippen LogP contribution in [0.2, 0.25) is 0 Å². The molecule has 3 nitrogen and oxygen atoms in total. The van der Waals surface area contributed by atoms with Gasteiger partial charge >= 0.3 is 0 Å². The minimum Gasteiger partial charge on any atom is -0.383 e. The molecule has 15 heavy (non-hydrogen) atoms. The number of anilines is 2. The zero-order valence-corrected chi connectivity index (χ0v) is 9.72. The summed E-state index contributed by atoms with van der Waals surface area (Å²) in [5.74, 6) is -0.0419. The summed E-state index contributed by atoms with van der Waals surface area (Å²) < 4.78 is 0. The van der Waals surface area contributed by atoms with E-state index >= 15 is 0 Å². The summed E-state index contributed by atoms with van der Waals surface area (Å²) in [5.41, 5.74) is 2.96. The van der Waals surface area contributed by atoms with Crippen LogP contribution in [0, 0.1) is 6.92 Å². The Morgan fingerprint density at radius 1 is 1.33 bits per heavy atom. The number of aryl methyl sites for hydroxylation is 1. The highest BCUT2D eigenvalue weighted by atomic mass is 16.1. The molecule has 1 amide bonds. The van der Waals surface area contributed by atoms with Crippen LogP contribution in [0.25, 0.3) is 0 Å². The lowest BCUT2D eigenvalue weighted by atomic mass is 10.1.